The first kappa shape index (κ1) is 12.7. The third-order valence-electron chi connectivity index (χ3n) is 3.74. The van der Waals surface area contributed by atoms with Gasteiger partial charge in [-0.25, -0.2) is 0 Å². The topological polar surface area (TPSA) is 24.9 Å². The number of pyridine rings is 1. The summed E-state index contributed by atoms with van der Waals surface area (Å²) in [5.74, 6) is 1.66. The van der Waals surface area contributed by atoms with Crippen molar-refractivity contribution in [3.8, 4) is 0 Å². The molecule has 0 fully saturated rings. The molecule has 1 aromatic carbocycles. The van der Waals surface area contributed by atoms with Gasteiger partial charge in [0.25, 0.3) is 0 Å². The zero-order valence-corrected chi connectivity index (χ0v) is 12.1. The van der Waals surface area contributed by atoms with Crippen molar-refractivity contribution in [2.45, 2.75) is 23.8 Å². The van der Waals surface area contributed by atoms with Crippen LogP contribution in [0.5, 0.6) is 0 Å². The van der Waals surface area contributed by atoms with Gasteiger partial charge in [-0.05, 0) is 37.2 Å². The lowest BCUT2D eigenvalue weighted by atomic mass is 9.89. The first-order chi connectivity index (χ1) is 9.29. The van der Waals surface area contributed by atoms with E-state index in [1.54, 1.807) is 0 Å². The predicted molar refractivity (Wildman–Crippen MR) is 80.7 cm³/mol. The number of likely N-dealkylation sites (N-methyl/N-ethyl adjacent to an activating group) is 1. The minimum absolute atomic E-state index is 0.337. The largest absolute Gasteiger partial charge is 0.312 e. The lowest BCUT2D eigenvalue weighted by Gasteiger charge is -2.23. The van der Waals surface area contributed by atoms with Crippen LogP contribution < -0.4 is 5.32 Å². The Hall–Kier alpha value is -1.32. The number of hydrogen-bond donors (Lipinski definition) is 1. The number of fused-ring (bicyclic) bond motifs is 1. The fraction of sp³-hybridized carbons (Fsp3) is 0.312. The monoisotopic (exact) mass is 270 g/mol. The second kappa shape index (κ2) is 5.35. The molecule has 3 rings (SSSR count). The quantitative estimate of drug-likeness (QED) is 0.923. The molecular weight excluding hydrogens is 252 g/mol. The molecule has 1 aliphatic rings. The molecule has 1 N–H and O–H groups in total. The van der Waals surface area contributed by atoms with Crippen molar-refractivity contribution in [2.75, 3.05) is 12.8 Å². The normalized spacial score (nSPS) is 19.2. The van der Waals surface area contributed by atoms with Gasteiger partial charge in [-0.3, -0.25) is 4.98 Å². The van der Waals surface area contributed by atoms with Crippen LogP contribution in [0.3, 0.4) is 0 Å². The van der Waals surface area contributed by atoms with Crippen molar-refractivity contribution in [3.63, 3.8) is 0 Å². The molecule has 1 aromatic heterocycles. The molecule has 2 aromatic rings. The highest BCUT2D eigenvalue weighted by atomic mass is 32.2. The van der Waals surface area contributed by atoms with Gasteiger partial charge in [0.2, 0.25) is 0 Å². The Morgan fingerprint density at radius 1 is 1.26 bits per heavy atom. The zero-order chi connectivity index (χ0) is 13.2. The van der Waals surface area contributed by atoms with Gasteiger partial charge in [0.1, 0.15) is 0 Å². The Kier molecular flexibility index (Phi) is 3.58. The van der Waals surface area contributed by atoms with Crippen LogP contribution in [-0.4, -0.2) is 17.8 Å². The average Bonchev–Trinajstić information content (AvgIpc) is 2.86. The van der Waals surface area contributed by atoms with Gasteiger partial charge in [-0.1, -0.05) is 24.3 Å². The summed E-state index contributed by atoms with van der Waals surface area (Å²) in [5.41, 5.74) is 3.81. The van der Waals surface area contributed by atoms with E-state index in [0.29, 0.717) is 12.0 Å². The Morgan fingerprint density at radius 2 is 2.11 bits per heavy atom. The van der Waals surface area contributed by atoms with Crippen molar-refractivity contribution in [1.82, 2.24) is 10.3 Å². The van der Waals surface area contributed by atoms with Gasteiger partial charge in [0.15, 0.2) is 0 Å². The smallest absolute Gasteiger partial charge is 0.0411 e. The van der Waals surface area contributed by atoms with Crippen LogP contribution in [0.4, 0.5) is 0 Å². The highest BCUT2D eigenvalue weighted by molar-refractivity contribution is 7.99. The van der Waals surface area contributed by atoms with Crippen LogP contribution in [0.2, 0.25) is 0 Å². The van der Waals surface area contributed by atoms with E-state index in [1.165, 1.54) is 16.0 Å². The lowest BCUT2D eigenvalue weighted by molar-refractivity contribution is 0.513. The number of benzene rings is 1. The summed E-state index contributed by atoms with van der Waals surface area (Å²) in [4.78, 5) is 5.85. The van der Waals surface area contributed by atoms with E-state index < -0.39 is 0 Å². The number of aromatic nitrogens is 1. The molecule has 2 heterocycles. The summed E-state index contributed by atoms with van der Waals surface area (Å²) in [6.45, 7) is 2.03. The number of aryl methyl sites for hydroxylation is 1. The van der Waals surface area contributed by atoms with Crippen LogP contribution in [0.25, 0.3) is 0 Å². The minimum atomic E-state index is 0.337. The summed E-state index contributed by atoms with van der Waals surface area (Å²) in [5, 5.41) is 3.47. The van der Waals surface area contributed by atoms with Gasteiger partial charge < -0.3 is 5.32 Å². The van der Waals surface area contributed by atoms with Crippen LogP contribution in [0.1, 0.15) is 28.8 Å². The van der Waals surface area contributed by atoms with E-state index >= 15 is 0 Å². The van der Waals surface area contributed by atoms with Crippen molar-refractivity contribution < 1.29 is 0 Å². The molecule has 0 saturated carbocycles. The highest BCUT2D eigenvalue weighted by Gasteiger charge is 2.30. The number of rotatable bonds is 3. The van der Waals surface area contributed by atoms with E-state index in [-0.39, 0.29) is 0 Å². The van der Waals surface area contributed by atoms with E-state index in [0.717, 1.165) is 11.4 Å². The molecule has 0 saturated heterocycles. The van der Waals surface area contributed by atoms with E-state index in [9.17, 15) is 0 Å². The molecule has 0 aliphatic carbocycles. The number of nitrogens with one attached hydrogen (secondary N) is 1. The molecule has 0 radical (unpaired) electrons. The van der Waals surface area contributed by atoms with E-state index in [2.05, 4.69) is 46.7 Å². The van der Waals surface area contributed by atoms with Crippen molar-refractivity contribution >= 4 is 11.8 Å². The number of thioether (sulfide) groups is 1. The standard InChI is InChI=1S/C16H18N2S/c1-11-7-8-12(9-18-11)16(17-2)14-10-19-15-6-4-3-5-13(14)15/h3-9,14,16-17H,10H2,1-2H3. The van der Waals surface area contributed by atoms with Crippen LogP contribution in [-0.2, 0) is 0 Å². The van der Waals surface area contributed by atoms with Crippen LogP contribution >= 0.6 is 11.8 Å². The SMILES string of the molecule is CNC(c1ccc(C)nc1)C1CSc2ccccc21. The van der Waals surface area contributed by atoms with Crippen LogP contribution in [0.15, 0.2) is 47.5 Å². The molecular formula is C16H18N2S. The number of nitrogens with zero attached hydrogens (tertiary/aromatic N) is 1. The van der Waals surface area contributed by atoms with Gasteiger partial charge >= 0.3 is 0 Å². The van der Waals surface area contributed by atoms with Gasteiger partial charge in [0.05, 0.1) is 0 Å². The van der Waals surface area contributed by atoms with Crippen LogP contribution in [0, 0.1) is 6.92 Å². The Labute approximate surface area is 118 Å². The maximum atomic E-state index is 4.43. The first-order valence-electron chi connectivity index (χ1n) is 6.61. The summed E-state index contributed by atoms with van der Waals surface area (Å²) in [7, 11) is 2.04. The molecule has 0 spiro atoms. The maximum absolute atomic E-state index is 4.43. The summed E-state index contributed by atoms with van der Waals surface area (Å²) in [6.07, 6.45) is 2.00. The molecule has 2 unspecified atom stereocenters. The van der Waals surface area contributed by atoms with E-state index in [1.807, 2.05) is 31.9 Å². The second-order valence-electron chi connectivity index (χ2n) is 4.95. The summed E-state index contributed by atoms with van der Waals surface area (Å²) in [6, 6.07) is 13.4. The number of hydrogen-bond acceptors (Lipinski definition) is 3. The van der Waals surface area contributed by atoms with E-state index in [4.69, 9.17) is 0 Å². The molecule has 0 amide bonds. The molecule has 19 heavy (non-hydrogen) atoms. The molecule has 1 aliphatic heterocycles. The molecule has 2 nitrogen and oxygen atoms in total. The lowest BCUT2D eigenvalue weighted by Crippen LogP contribution is -2.24. The molecule has 3 heteroatoms. The average molecular weight is 270 g/mol. The minimum Gasteiger partial charge on any atom is -0.312 e. The Morgan fingerprint density at radius 3 is 2.84 bits per heavy atom. The van der Waals surface area contributed by atoms with Crippen molar-refractivity contribution in [1.29, 1.82) is 0 Å². The first-order valence-corrected chi connectivity index (χ1v) is 7.59. The third kappa shape index (κ3) is 2.40. The maximum Gasteiger partial charge on any atom is 0.0411 e. The summed E-state index contributed by atoms with van der Waals surface area (Å²) >= 11 is 1.96. The van der Waals surface area contributed by atoms with Crippen molar-refractivity contribution in [2.24, 2.45) is 0 Å². The Balaban J connectivity index is 1.94. The third-order valence-corrected chi connectivity index (χ3v) is 4.95. The van der Waals surface area contributed by atoms with Crippen molar-refractivity contribution in [3.05, 3.63) is 59.4 Å². The van der Waals surface area contributed by atoms with Gasteiger partial charge in [0, 0.05) is 34.5 Å². The second-order valence-corrected chi connectivity index (χ2v) is 6.02. The summed E-state index contributed by atoms with van der Waals surface area (Å²) < 4.78 is 0. The fourth-order valence-corrected chi connectivity index (χ4v) is 4.02. The van der Waals surface area contributed by atoms with Gasteiger partial charge in [-0.2, -0.15) is 0 Å². The highest BCUT2D eigenvalue weighted by Crippen LogP contribution is 2.45. The molecule has 0 bridgehead atoms. The van der Waals surface area contributed by atoms with Gasteiger partial charge in [-0.15, -0.1) is 11.8 Å². The predicted octanol–water partition coefficient (Wildman–Crippen LogP) is 3.54. The molecule has 98 valence electrons. The zero-order valence-electron chi connectivity index (χ0n) is 11.3. The fourth-order valence-electron chi connectivity index (χ4n) is 2.73. The molecule has 2 atom stereocenters. The Bertz CT molecular complexity index is 565.